The monoisotopic (exact) mass is 286 g/mol. The molecule has 1 rings (SSSR count). The molecule has 0 atom stereocenters. The summed E-state index contributed by atoms with van der Waals surface area (Å²) in [6, 6.07) is 0. The minimum atomic E-state index is -0.412. The molecule has 0 saturated heterocycles. The van der Waals surface area contributed by atoms with Crippen LogP contribution in [0.5, 0.6) is 0 Å². The van der Waals surface area contributed by atoms with E-state index in [4.69, 9.17) is 10.5 Å². The number of carbonyl (C=O) groups is 1. The quantitative estimate of drug-likeness (QED) is 0.559. The third-order valence-electron chi connectivity index (χ3n) is 2.52. The van der Waals surface area contributed by atoms with E-state index in [1.54, 1.807) is 6.92 Å². The van der Waals surface area contributed by atoms with Gasteiger partial charge in [-0.15, -0.1) is 0 Å². The van der Waals surface area contributed by atoms with Crippen LogP contribution in [0.4, 0.5) is 10.8 Å². The first-order valence-corrected chi connectivity index (χ1v) is 7.14. The number of esters is 1. The Kier molecular flexibility index (Phi) is 6.58. The van der Waals surface area contributed by atoms with Crippen molar-refractivity contribution in [3.8, 4) is 0 Å². The molecule has 19 heavy (non-hydrogen) atoms. The van der Waals surface area contributed by atoms with Crippen molar-refractivity contribution in [1.29, 1.82) is 0 Å². The van der Waals surface area contributed by atoms with Crippen LogP contribution in [0, 0.1) is 0 Å². The third-order valence-corrected chi connectivity index (χ3v) is 3.33. The van der Waals surface area contributed by atoms with E-state index >= 15 is 0 Å². The summed E-state index contributed by atoms with van der Waals surface area (Å²) >= 11 is 1.20. The number of nitrogens with two attached hydrogens (primary N) is 1. The normalized spacial score (nSPS) is 10.7. The Hall–Kier alpha value is -1.34. The first kappa shape index (κ1) is 15.7. The molecule has 0 aromatic carbocycles. The minimum Gasteiger partial charge on any atom is -0.462 e. The second-order valence-electron chi connectivity index (χ2n) is 4.43. The van der Waals surface area contributed by atoms with Gasteiger partial charge >= 0.3 is 5.97 Å². The number of nitrogens with one attached hydrogen (secondary N) is 1. The molecule has 0 saturated carbocycles. The predicted molar refractivity (Wildman–Crippen MR) is 78.8 cm³/mol. The van der Waals surface area contributed by atoms with Crippen molar-refractivity contribution in [2.75, 3.05) is 44.8 Å². The lowest BCUT2D eigenvalue weighted by Crippen LogP contribution is -2.14. The summed E-state index contributed by atoms with van der Waals surface area (Å²) in [4.78, 5) is 13.9. The zero-order chi connectivity index (χ0) is 14.3. The van der Waals surface area contributed by atoms with Crippen LogP contribution in [-0.4, -0.2) is 49.0 Å². The van der Waals surface area contributed by atoms with E-state index in [2.05, 4.69) is 28.7 Å². The number of unbranched alkanes of at least 4 members (excludes halogenated alkanes) is 1. The van der Waals surface area contributed by atoms with Crippen molar-refractivity contribution in [2.24, 2.45) is 0 Å². The highest BCUT2D eigenvalue weighted by Crippen LogP contribution is 2.27. The number of nitrogens with zero attached hydrogens (tertiary/aromatic N) is 2. The van der Waals surface area contributed by atoms with E-state index < -0.39 is 5.97 Å². The Morgan fingerprint density at radius 2 is 2.21 bits per heavy atom. The van der Waals surface area contributed by atoms with Crippen molar-refractivity contribution in [1.82, 2.24) is 9.27 Å². The number of hydrogen-bond donors (Lipinski definition) is 2. The lowest BCUT2D eigenvalue weighted by Gasteiger charge is -2.09. The molecule has 0 bridgehead atoms. The van der Waals surface area contributed by atoms with Crippen molar-refractivity contribution in [3.05, 3.63) is 5.56 Å². The zero-order valence-electron chi connectivity index (χ0n) is 11.7. The smallest absolute Gasteiger partial charge is 0.344 e. The average Bonchev–Trinajstić information content (AvgIpc) is 2.70. The number of anilines is 2. The molecule has 0 fully saturated rings. The SMILES string of the molecule is CCOC(=O)c1c(N)nsc1NCCCCN(C)C. The van der Waals surface area contributed by atoms with Gasteiger partial charge in [-0.3, -0.25) is 0 Å². The highest BCUT2D eigenvalue weighted by Gasteiger charge is 2.19. The summed E-state index contributed by atoms with van der Waals surface area (Å²) < 4.78 is 8.96. The maximum atomic E-state index is 11.7. The summed E-state index contributed by atoms with van der Waals surface area (Å²) in [5.41, 5.74) is 6.06. The van der Waals surface area contributed by atoms with Crippen LogP contribution in [0.1, 0.15) is 30.1 Å². The van der Waals surface area contributed by atoms with Gasteiger partial charge in [0.1, 0.15) is 10.6 Å². The molecule has 0 unspecified atom stereocenters. The van der Waals surface area contributed by atoms with Crippen LogP contribution in [0.15, 0.2) is 0 Å². The number of ether oxygens (including phenoxy) is 1. The Balaban J connectivity index is 2.47. The van der Waals surface area contributed by atoms with Crippen molar-refractivity contribution < 1.29 is 9.53 Å². The second-order valence-corrected chi connectivity index (χ2v) is 5.20. The molecule has 1 aromatic heterocycles. The maximum Gasteiger partial charge on any atom is 0.344 e. The lowest BCUT2D eigenvalue weighted by atomic mass is 10.3. The van der Waals surface area contributed by atoms with E-state index in [1.807, 2.05) is 0 Å². The maximum absolute atomic E-state index is 11.7. The first-order valence-electron chi connectivity index (χ1n) is 6.37. The van der Waals surface area contributed by atoms with Gasteiger partial charge in [0.05, 0.1) is 6.61 Å². The molecule has 0 aliphatic rings. The molecule has 1 aromatic rings. The summed E-state index contributed by atoms with van der Waals surface area (Å²) in [5.74, 6) is -0.177. The van der Waals surface area contributed by atoms with Crippen molar-refractivity contribution in [2.45, 2.75) is 19.8 Å². The predicted octanol–water partition coefficient (Wildman–Crippen LogP) is 1.66. The van der Waals surface area contributed by atoms with Crippen LogP contribution in [0.25, 0.3) is 0 Å². The fraction of sp³-hybridized carbons (Fsp3) is 0.667. The number of nitrogen functional groups attached to an aromatic ring is 1. The Morgan fingerprint density at radius 1 is 1.47 bits per heavy atom. The van der Waals surface area contributed by atoms with E-state index in [-0.39, 0.29) is 5.82 Å². The van der Waals surface area contributed by atoms with E-state index in [9.17, 15) is 4.79 Å². The van der Waals surface area contributed by atoms with Crippen LogP contribution >= 0.6 is 11.5 Å². The van der Waals surface area contributed by atoms with Crippen LogP contribution < -0.4 is 11.1 Å². The molecule has 108 valence electrons. The molecular formula is C12H22N4O2S. The Morgan fingerprint density at radius 3 is 2.84 bits per heavy atom. The standard InChI is InChI=1S/C12H22N4O2S/c1-4-18-12(17)9-10(13)15-19-11(9)14-7-5-6-8-16(2)3/h14H,4-8H2,1-3H3,(H2,13,15). The van der Waals surface area contributed by atoms with Crippen molar-refractivity contribution in [3.63, 3.8) is 0 Å². The largest absolute Gasteiger partial charge is 0.462 e. The fourth-order valence-electron chi connectivity index (χ4n) is 1.58. The number of carbonyl (C=O) groups excluding carboxylic acids is 1. The minimum absolute atomic E-state index is 0.235. The molecule has 0 aliphatic carbocycles. The summed E-state index contributed by atoms with van der Waals surface area (Å²) in [7, 11) is 4.10. The molecule has 0 spiro atoms. The van der Waals surface area contributed by atoms with Gasteiger partial charge in [-0.2, -0.15) is 4.37 Å². The van der Waals surface area contributed by atoms with Crippen LogP contribution in [-0.2, 0) is 4.74 Å². The van der Waals surface area contributed by atoms with Gasteiger partial charge in [-0.05, 0) is 51.9 Å². The van der Waals surface area contributed by atoms with E-state index in [0.29, 0.717) is 17.2 Å². The Bertz CT molecular complexity index is 406. The highest BCUT2D eigenvalue weighted by molar-refractivity contribution is 7.11. The van der Waals surface area contributed by atoms with E-state index in [1.165, 1.54) is 11.5 Å². The first-order chi connectivity index (χ1) is 9.06. The number of rotatable bonds is 8. The second kappa shape index (κ2) is 7.96. The fourth-order valence-corrected chi connectivity index (χ4v) is 2.31. The molecule has 0 radical (unpaired) electrons. The van der Waals surface area contributed by atoms with Gasteiger partial charge in [0.15, 0.2) is 5.82 Å². The Labute approximate surface area is 118 Å². The molecule has 3 N–H and O–H groups in total. The van der Waals surface area contributed by atoms with E-state index in [0.717, 1.165) is 25.9 Å². The van der Waals surface area contributed by atoms with Gasteiger partial charge in [0.25, 0.3) is 0 Å². The number of aromatic nitrogens is 1. The average molecular weight is 286 g/mol. The molecule has 7 heteroatoms. The van der Waals surface area contributed by atoms with Crippen LogP contribution in [0.3, 0.4) is 0 Å². The van der Waals surface area contributed by atoms with Gasteiger partial charge in [0.2, 0.25) is 0 Å². The van der Waals surface area contributed by atoms with Crippen molar-refractivity contribution >= 4 is 28.3 Å². The summed E-state index contributed by atoms with van der Waals surface area (Å²) in [5, 5.41) is 3.90. The van der Waals surface area contributed by atoms with Crippen LogP contribution in [0.2, 0.25) is 0 Å². The topological polar surface area (TPSA) is 80.5 Å². The number of hydrogen-bond acceptors (Lipinski definition) is 7. The highest BCUT2D eigenvalue weighted by atomic mass is 32.1. The molecule has 1 heterocycles. The molecule has 6 nitrogen and oxygen atoms in total. The molecule has 0 amide bonds. The molecular weight excluding hydrogens is 264 g/mol. The van der Waals surface area contributed by atoms with Gasteiger partial charge in [-0.1, -0.05) is 0 Å². The lowest BCUT2D eigenvalue weighted by molar-refractivity contribution is 0.0529. The van der Waals surface area contributed by atoms with Gasteiger partial charge in [0, 0.05) is 6.54 Å². The summed E-state index contributed by atoms with van der Waals surface area (Å²) in [6.07, 6.45) is 2.13. The third kappa shape index (κ3) is 5.04. The van der Waals surface area contributed by atoms with Gasteiger partial charge in [-0.25, -0.2) is 4.79 Å². The zero-order valence-corrected chi connectivity index (χ0v) is 12.5. The molecule has 0 aliphatic heterocycles. The van der Waals surface area contributed by atoms with Gasteiger partial charge < -0.3 is 20.7 Å². The summed E-state index contributed by atoms with van der Waals surface area (Å²) in [6.45, 7) is 3.94.